The molecule has 1 N–H and O–H groups in total. The van der Waals surface area contributed by atoms with Gasteiger partial charge in [0, 0.05) is 0 Å². The van der Waals surface area contributed by atoms with E-state index in [0.717, 1.165) is 5.57 Å². The fourth-order valence-corrected chi connectivity index (χ4v) is 1.99. The third-order valence-corrected chi connectivity index (χ3v) is 2.79. The maximum absolute atomic E-state index is 11.7. The summed E-state index contributed by atoms with van der Waals surface area (Å²) in [5.74, 6) is -0.690. The highest BCUT2D eigenvalue weighted by Gasteiger charge is 2.38. The molecule has 0 heterocycles. The van der Waals surface area contributed by atoms with E-state index in [1.807, 2.05) is 0 Å². The van der Waals surface area contributed by atoms with Crippen molar-refractivity contribution in [2.75, 3.05) is 7.11 Å². The molecular weight excluding hydrogens is 234 g/mol. The predicted octanol–water partition coefficient (Wildman–Crippen LogP) is 2.02. The van der Waals surface area contributed by atoms with Gasteiger partial charge < -0.3 is 14.8 Å². The number of carbonyl (C=O) groups is 2. The molecule has 1 aliphatic carbocycles. The van der Waals surface area contributed by atoms with Gasteiger partial charge in [0.25, 0.3) is 0 Å². The number of alkyl carbamates (subject to hydrolysis) is 1. The second kappa shape index (κ2) is 5.42. The second-order valence-electron chi connectivity index (χ2n) is 5.45. The molecule has 0 aliphatic heterocycles. The van der Waals surface area contributed by atoms with E-state index in [1.165, 1.54) is 7.11 Å². The number of amides is 1. The average Bonchev–Trinajstić information content (AvgIpc) is 2.57. The van der Waals surface area contributed by atoms with Gasteiger partial charge in [-0.2, -0.15) is 0 Å². The number of methoxy groups -OCH3 is 1. The van der Waals surface area contributed by atoms with E-state index < -0.39 is 17.7 Å². The first-order chi connectivity index (χ1) is 8.24. The van der Waals surface area contributed by atoms with Crippen LogP contribution in [-0.2, 0) is 14.3 Å². The summed E-state index contributed by atoms with van der Waals surface area (Å²) in [6.07, 6.45) is 0.816. The highest BCUT2D eigenvalue weighted by Crippen LogP contribution is 2.30. The maximum Gasteiger partial charge on any atom is 0.408 e. The fraction of sp³-hybridized carbons (Fsp3) is 0.692. The summed E-state index contributed by atoms with van der Waals surface area (Å²) in [6.45, 7) is 9.23. The molecule has 1 saturated carbocycles. The van der Waals surface area contributed by atoms with Gasteiger partial charge in [-0.25, -0.2) is 4.79 Å². The van der Waals surface area contributed by atoms with Crippen LogP contribution in [0, 0.1) is 5.92 Å². The molecule has 5 heteroatoms. The molecule has 0 radical (unpaired) electrons. The highest BCUT2D eigenvalue weighted by atomic mass is 16.6. The number of carbonyl (C=O) groups excluding carboxylic acids is 2. The van der Waals surface area contributed by atoms with Gasteiger partial charge in [0.2, 0.25) is 0 Å². The number of esters is 1. The topological polar surface area (TPSA) is 64.6 Å². The minimum atomic E-state index is -0.565. The Morgan fingerprint density at radius 3 is 2.50 bits per heavy atom. The van der Waals surface area contributed by atoms with E-state index in [4.69, 9.17) is 9.47 Å². The zero-order valence-corrected chi connectivity index (χ0v) is 11.4. The van der Waals surface area contributed by atoms with Crippen molar-refractivity contribution in [1.29, 1.82) is 0 Å². The Balaban J connectivity index is 2.65. The zero-order chi connectivity index (χ0) is 13.9. The normalized spacial score (nSPS) is 23.7. The van der Waals surface area contributed by atoms with Gasteiger partial charge in [0.15, 0.2) is 0 Å². The lowest BCUT2D eigenvalue weighted by molar-refractivity contribution is -0.145. The van der Waals surface area contributed by atoms with Gasteiger partial charge in [0.1, 0.15) is 5.60 Å². The van der Waals surface area contributed by atoms with Crippen LogP contribution in [0.2, 0.25) is 0 Å². The molecule has 0 aromatic carbocycles. The molecule has 0 bridgehead atoms. The molecule has 0 aromatic rings. The van der Waals surface area contributed by atoms with E-state index in [0.29, 0.717) is 12.8 Å². The zero-order valence-electron chi connectivity index (χ0n) is 11.4. The van der Waals surface area contributed by atoms with Crippen LogP contribution in [0.4, 0.5) is 4.79 Å². The van der Waals surface area contributed by atoms with E-state index in [2.05, 4.69) is 11.9 Å². The molecule has 18 heavy (non-hydrogen) atoms. The third-order valence-electron chi connectivity index (χ3n) is 2.79. The standard InChI is InChI=1S/C13H21NO4/c1-8-6-7-9(11(15)17-5)10(8)14-12(16)18-13(2,3)4/h9-10H,1,6-7H2,2-5H3,(H,14,16). The molecule has 102 valence electrons. The fourth-order valence-electron chi connectivity index (χ4n) is 1.99. The van der Waals surface area contributed by atoms with E-state index in [1.54, 1.807) is 20.8 Å². The van der Waals surface area contributed by atoms with Crippen molar-refractivity contribution in [2.45, 2.75) is 45.3 Å². The van der Waals surface area contributed by atoms with E-state index in [9.17, 15) is 9.59 Å². The molecule has 2 atom stereocenters. The molecule has 0 aromatic heterocycles. The Labute approximate surface area is 108 Å². The lowest BCUT2D eigenvalue weighted by Gasteiger charge is -2.24. The summed E-state index contributed by atoms with van der Waals surface area (Å²) in [6, 6.07) is -0.396. The largest absolute Gasteiger partial charge is 0.469 e. The minimum absolute atomic E-state index is 0.324. The summed E-state index contributed by atoms with van der Waals surface area (Å²) in [5.41, 5.74) is 0.265. The van der Waals surface area contributed by atoms with Gasteiger partial charge >= 0.3 is 12.1 Å². The Morgan fingerprint density at radius 1 is 1.39 bits per heavy atom. The molecule has 0 spiro atoms. The van der Waals surface area contributed by atoms with Crippen molar-refractivity contribution in [3.05, 3.63) is 12.2 Å². The molecule has 1 rings (SSSR count). The van der Waals surface area contributed by atoms with Crippen LogP contribution in [0.15, 0.2) is 12.2 Å². The van der Waals surface area contributed by atoms with Gasteiger partial charge in [-0.15, -0.1) is 0 Å². The first kappa shape index (κ1) is 14.5. The van der Waals surface area contributed by atoms with Crippen LogP contribution >= 0.6 is 0 Å². The van der Waals surface area contributed by atoms with Crippen LogP contribution in [0.3, 0.4) is 0 Å². The number of rotatable bonds is 2. The van der Waals surface area contributed by atoms with Gasteiger partial charge in [-0.1, -0.05) is 12.2 Å². The maximum atomic E-state index is 11.7. The van der Waals surface area contributed by atoms with Crippen LogP contribution in [0.25, 0.3) is 0 Å². The second-order valence-corrected chi connectivity index (χ2v) is 5.45. The van der Waals surface area contributed by atoms with E-state index >= 15 is 0 Å². The lowest BCUT2D eigenvalue weighted by Crippen LogP contribution is -2.43. The van der Waals surface area contributed by atoms with Crippen LogP contribution in [-0.4, -0.2) is 30.8 Å². The van der Waals surface area contributed by atoms with E-state index in [-0.39, 0.29) is 11.9 Å². The summed E-state index contributed by atoms with van der Waals surface area (Å²) >= 11 is 0. The van der Waals surface area contributed by atoms with Crippen LogP contribution < -0.4 is 5.32 Å². The third kappa shape index (κ3) is 3.75. The van der Waals surface area contributed by atoms with Crippen molar-refractivity contribution in [1.82, 2.24) is 5.32 Å². The molecule has 1 fully saturated rings. The van der Waals surface area contributed by atoms with Gasteiger partial charge in [-0.3, -0.25) is 4.79 Å². The lowest BCUT2D eigenvalue weighted by atomic mass is 10.0. The van der Waals surface area contributed by atoms with Gasteiger partial charge in [0.05, 0.1) is 19.1 Å². The molecule has 2 unspecified atom stereocenters. The Kier molecular flexibility index (Phi) is 4.38. The van der Waals surface area contributed by atoms with Crippen molar-refractivity contribution in [3.63, 3.8) is 0 Å². The molecule has 0 saturated heterocycles. The number of nitrogens with one attached hydrogen (secondary N) is 1. The Morgan fingerprint density at radius 2 is 2.00 bits per heavy atom. The first-order valence-electron chi connectivity index (χ1n) is 5.99. The number of hydrogen-bond donors (Lipinski definition) is 1. The summed E-state index contributed by atoms with van der Waals surface area (Å²) in [4.78, 5) is 23.3. The van der Waals surface area contributed by atoms with Crippen LogP contribution in [0.1, 0.15) is 33.6 Å². The highest BCUT2D eigenvalue weighted by molar-refractivity contribution is 5.77. The minimum Gasteiger partial charge on any atom is -0.469 e. The number of ether oxygens (including phenoxy) is 2. The Bertz CT molecular complexity index is 356. The average molecular weight is 255 g/mol. The van der Waals surface area contributed by atoms with Crippen molar-refractivity contribution in [2.24, 2.45) is 5.92 Å². The smallest absolute Gasteiger partial charge is 0.408 e. The van der Waals surface area contributed by atoms with Crippen LogP contribution in [0.5, 0.6) is 0 Å². The molecule has 5 nitrogen and oxygen atoms in total. The molecule has 1 aliphatic rings. The number of hydrogen-bond acceptors (Lipinski definition) is 4. The summed E-state index contributed by atoms with van der Waals surface area (Å²) < 4.78 is 9.89. The van der Waals surface area contributed by atoms with Crippen molar-refractivity contribution in [3.8, 4) is 0 Å². The summed E-state index contributed by atoms with van der Waals surface area (Å²) in [5, 5.41) is 2.69. The quantitative estimate of drug-likeness (QED) is 0.605. The summed E-state index contributed by atoms with van der Waals surface area (Å²) in [7, 11) is 1.34. The monoisotopic (exact) mass is 255 g/mol. The predicted molar refractivity (Wildman–Crippen MR) is 67.0 cm³/mol. The van der Waals surface area contributed by atoms with Gasteiger partial charge in [-0.05, 0) is 33.6 Å². The SMILES string of the molecule is C=C1CCC(C(=O)OC)C1NC(=O)OC(C)(C)C. The first-order valence-corrected chi connectivity index (χ1v) is 5.99. The molecular formula is C13H21NO4. The molecule has 1 amide bonds. The van der Waals surface area contributed by atoms with Crippen molar-refractivity contribution >= 4 is 12.1 Å². The Hall–Kier alpha value is -1.52. The van der Waals surface area contributed by atoms with Crippen molar-refractivity contribution < 1.29 is 19.1 Å².